The third-order valence-corrected chi connectivity index (χ3v) is 7.58. The SMILES string of the molecule is Cc1cc(C23CC4CC(CC(C4)C2)C3)ccc1O/C=C/CN1CCOCC1. The first-order chi connectivity index (χ1) is 13.2. The molecule has 0 radical (unpaired) electrons. The van der Waals surface area contributed by atoms with Gasteiger partial charge in [0.1, 0.15) is 5.75 Å². The number of rotatable bonds is 5. The van der Waals surface area contributed by atoms with Gasteiger partial charge in [0, 0.05) is 19.6 Å². The molecule has 1 saturated heterocycles. The summed E-state index contributed by atoms with van der Waals surface area (Å²) in [4.78, 5) is 2.40. The van der Waals surface area contributed by atoms with E-state index in [1.165, 1.54) is 44.1 Å². The van der Waals surface area contributed by atoms with Gasteiger partial charge in [-0.1, -0.05) is 12.1 Å². The molecule has 1 heterocycles. The summed E-state index contributed by atoms with van der Waals surface area (Å²) in [7, 11) is 0. The molecule has 4 saturated carbocycles. The fourth-order valence-corrected chi connectivity index (χ4v) is 6.67. The van der Waals surface area contributed by atoms with Crippen LogP contribution in [0.3, 0.4) is 0 Å². The van der Waals surface area contributed by atoms with Gasteiger partial charge >= 0.3 is 0 Å². The van der Waals surface area contributed by atoms with Crippen LogP contribution in [-0.2, 0) is 10.2 Å². The first kappa shape index (κ1) is 17.8. The van der Waals surface area contributed by atoms with Crippen molar-refractivity contribution in [3.8, 4) is 5.75 Å². The van der Waals surface area contributed by atoms with E-state index >= 15 is 0 Å². The Hall–Kier alpha value is -1.32. The van der Waals surface area contributed by atoms with Crippen molar-refractivity contribution in [3.05, 3.63) is 41.7 Å². The third kappa shape index (κ3) is 3.56. The first-order valence-electron chi connectivity index (χ1n) is 10.9. The van der Waals surface area contributed by atoms with Crippen molar-refractivity contribution < 1.29 is 9.47 Å². The molecule has 0 atom stereocenters. The Bertz CT molecular complexity index is 669. The summed E-state index contributed by atoms with van der Waals surface area (Å²) < 4.78 is 11.4. The smallest absolute Gasteiger partial charge is 0.129 e. The van der Waals surface area contributed by atoms with Crippen LogP contribution in [0.1, 0.15) is 49.7 Å². The van der Waals surface area contributed by atoms with Crippen molar-refractivity contribution in [2.24, 2.45) is 17.8 Å². The predicted octanol–water partition coefficient (Wildman–Crippen LogP) is 4.69. The van der Waals surface area contributed by atoms with Crippen LogP contribution in [0.15, 0.2) is 30.5 Å². The van der Waals surface area contributed by atoms with Gasteiger partial charge in [0.2, 0.25) is 0 Å². The Morgan fingerprint density at radius 1 is 1.07 bits per heavy atom. The highest BCUT2D eigenvalue weighted by Gasteiger charge is 2.51. The van der Waals surface area contributed by atoms with E-state index in [9.17, 15) is 0 Å². The molecule has 1 aromatic carbocycles. The quantitative estimate of drug-likeness (QED) is 0.705. The Balaban J connectivity index is 1.24. The zero-order valence-corrected chi connectivity index (χ0v) is 16.7. The highest BCUT2D eigenvalue weighted by molar-refractivity contribution is 5.41. The molecule has 0 N–H and O–H groups in total. The molecule has 6 rings (SSSR count). The average molecular weight is 368 g/mol. The first-order valence-corrected chi connectivity index (χ1v) is 10.9. The molecule has 146 valence electrons. The Kier molecular flexibility index (Phi) is 4.77. The third-order valence-electron chi connectivity index (χ3n) is 7.58. The molecule has 3 nitrogen and oxygen atoms in total. The van der Waals surface area contributed by atoms with Crippen LogP contribution in [-0.4, -0.2) is 37.7 Å². The van der Waals surface area contributed by atoms with Gasteiger partial charge in [-0.25, -0.2) is 0 Å². The maximum absolute atomic E-state index is 5.96. The molecule has 5 aliphatic rings. The molecule has 3 heteroatoms. The summed E-state index contributed by atoms with van der Waals surface area (Å²) in [6, 6.07) is 7.01. The minimum atomic E-state index is 0.476. The summed E-state index contributed by atoms with van der Waals surface area (Å²) in [6.45, 7) is 6.87. The molecule has 0 spiro atoms. The minimum Gasteiger partial charge on any atom is -0.465 e. The van der Waals surface area contributed by atoms with Crippen molar-refractivity contribution in [1.82, 2.24) is 4.90 Å². The summed E-state index contributed by atoms with van der Waals surface area (Å²) in [5.41, 5.74) is 3.34. The lowest BCUT2D eigenvalue weighted by Crippen LogP contribution is -2.48. The normalized spacial score (nSPS) is 35.8. The highest BCUT2D eigenvalue weighted by Crippen LogP contribution is 2.60. The van der Waals surface area contributed by atoms with E-state index < -0.39 is 0 Å². The lowest BCUT2D eigenvalue weighted by atomic mass is 9.48. The largest absolute Gasteiger partial charge is 0.465 e. The van der Waals surface area contributed by atoms with E-state index in [1.54, 1.807) is 5.56 Å². The van der Waals surface area contributed by atoms with Crippen molar-refractivity contribution >= 4 is 0 Å². The van der Waals surface area contributed by atoms with E-state index in [0.29, 0.717) is 5.41 Å². The monoisotopic (exact) mass is 367 g/mol. The maximum atomic E-state index is 5.96. The second-order valence-electron chi connectivity index (χ2n) is 9.58. The second-order valence-corrected chi connectivity index (χ2v) is 9.58. The van der Waals surface area contributed by atoms with Crippen LogP contribution in [0.5, 0.6) is 5.75 Å². The van der Waals surface area contributed by atoms with Gasteiger partial charge in [0.05, 0.1) is 19.5 Å². The Morgan fingerprint density at radius 2 is 1.74 bits per heavy atom. The lowest BCUT2D eigenvalue weighted by molar-refractivity contribution is -0.00522. The number of morpholine rings is 1. The van der Waals surface area contributed by atoms with Gasteiger partial charge in [0.25, 0.3) is 0 Å². The second kappa shape index (κ2) is 7.25. The molecule has 1 aromatic rings. The lowest BCUT2D eigenvalue weighted by Gasteiger charge is -2.57. The van der Waals surface area contributed by atoms with Gasteiger partial charge in [-0.15, -0.1) is 0 Å². The zero-order valence-electron chi connectivity index (χ0n) is 16.7. The van der Waals surface area contributed by atoms with Crippen LogP contribution in [0.4, 0.5) is 0 Å². The van der Waals surface area contributed by atoms with E-state index in [0.717, 1.165) is 56.4 Å². The molecule has 27 heavy (non-hydrogen) atoms. The van der Waals surface area contributed by atoms with Gasteiger partial charge in [0.15, 0.2) is 0 Å². The van der Waals surface area contributed by atoms with E-state index in [1.807, 2.05) is 6.26 Å². The van der Waals surface area contributed by atoms with Crippen LogP contribution >= 0.6 is 0 Å². The zero-order chi connectivity index (χ0) is 18.3. The summed E-state index contributed by atoms with van der Waals surface area (Å²) >= 11 is 0. The minimum absolute atomic E-state index is 0.476. The van der Waals surface area contributed by atoms with Crippen molar-refractivity contribution in [3.63, 3.8) is 0 Å². The fourth-order valence-electron chi connectivity index (χ4n) is 6.67. The molecule has 0 aromatic heterocycles. The summed E-state index contributed by atoms with van der Waals surface area (Å²) in [5.74, 6) is 3.99. The number of ether oxygens (including phenoxy) is 2. The Morgan fingerprint density at radius 3 is 2.37 bits per heavy atom. The van der Waals surface area contributed by atoms with E-state index in [-0.39, 0.29) is 0 Å². The summed E-state index contributed by atoms with van der Waals surface area (Å²) in [6.07, 6.45) is 12.8. The molecule has 5 fully saturated rings. The number of hydrogen-bond acceptors (Lipinski definition) is 3. The van der Waals surface area contributed by atoms with Crippen molar-refractivity contribution in [2.75, 3.05) is 32.8 Å². The maximum Gasteiger partial charge on any atom is 0.129 e. The van der Waals surface area contributed by atoms with Crippen LogP contribution in [0.2, 0.25) is 0 Å². The molecule has 4 bridgehead atoms. The molecule has 0 amide bonds. The van der Waals surface area contributed by atoms with Crippen molar-refractivity contribution in [1.29, 1.82) is 0 Å². The van der Waals surface area contributed by atoms with E-state index in [2.05, 4.69) is 36.1 Å². The molecule has 4 aliphatic carbocycles. The van der Waals surface area contributed by atoms with Crippen LogP contribution < -0.4 is 4.74 Å². The average Bonchev–Trinajstić information content (AvgIpc) is 2.66. The Labute approximate surface area is 163 Å². The molecular weight excluding hydrogens is 334 g/mol. The molecular formula is C24H33NO2. The number of benzene rings is 1. The number of hydrogen-bond donors (Lipinski definition) is 0. The van der Waals surface area contributed by atoms with Crippen LogP contribution in [0, 0.1) is 24.7 Å². The number of nitrogens with zero attached hydrogens (tertiary/aromatic N) is 1. The standard InChI is InChI=1S/C24H33NO2/c1-18-11-22(24-15-19-12-20(16-24)14-21(13-19)17-24)3-4-23(18)27-8-2-5-25-6-9-26-10-7-25/h2-4,8,11,19-21H,5-7,9-10,12-17H2,1H3/b8-2+. The topological polar surface area (TPSA) is 21.7 Å². The van der Waals surface area contributed by atoms with Gasteiger partial charge in [-0.05, 0) is 91.9 Å². The molecule has 0 unspecified atom stereocenters. The van der Waals surface area contributed by atoms with Crippen molar-refractivity contribution in [2.45, 2.75) is 50.9 Å². The van der Waals surface area contributed by atoms with E-state index in [4.69, 9.17) is 9.47 Å². The predicted molar refractivity (Wildman–Crippen MR) is 108 cm³/mol. The summed E-state index contributed by atoms with van der Waals surface area (Å²) in [5, 5.41) is 0. The van der Waals surface area contributed by atoms with Crippen LogP contribution in [0.25, 0.3) is 0 Å². The van der Waals surface area contributed by atoms with Gasteiger partial charge in [-0.2, -0.15) is 0 Å². The number of aryl methyl sites for hydroxylation is 1. The van der Waals surface area contributed by atoms with Gasteiger partial charge < -0.3 is 9.47 Å². The highest BCUT2D eigenvalue weighted by atomic mass is 16.5. The van der Waals surface area contributed by atoms with Gasteiger partial charge in [-0.3, -0.25) is 4.90 Å². The fraction of sp³-hybridized carbons (Fsp3) is 0.667. The molecule has 1 aliphatic heterocycles.